The van der Waals surface area contributed by atoms with Crippen LogP contribution in [0.15, 0.2) is 0 Å². The topological polar surface area (TPSA) is 166 Å². The molecule has 12 heteroatoms. The second kappa shape index (κ2) is 14.2. The average molecular weight is 726 g/mol. The number of carbonyl (C=O) groups is 5. The van der Waals surface area contributed by atoms with E-state index in [0.717, 1.165) is 90.3 Å². The Hall–Kier alpha value is -2.73. The van der Waals surface area contributed by atoms with Crippen molar-refractivity contribution in [1.29, 1.82) is 0 Å². The summed E-state index contributed by atoms with van der Waals surface area (Å²) in [6, 6.07) is -2.34. The zero-order chi connectivity index (χ0) is 37.9. The second-order valence-electron chi connectivity index (χ2n) is 19.6. The molecule has 6 N–H and O–H groups in total. The van der Waals surface area contributed by atoms with Crippen molar-refractivity contribution in [2.24, 2.45) is 33.3 Å². The highest BCUT2D eigenvalue weighted by atomic mass is 16.2. The van der Waals surface area contributed by atoms with E-state index < -0.39 is 41.1 Å². The van der Waals surface area contributed by atoms with Crippen molar-refractivity contribution in [3.63, 3.8) is 0 Å². The molecule has 2 spiro atoms. The van der Waals surface area contributed by atoms with Crippen LogP contribution in [0.5, 0.6) is 0 Å². The molecule has 52 heavy (non-hydrogen) atoms. The van der Waals surface area contributed by atoms with E-state index in [2.05, 4.69) is 53.9 Å². The summed E-state index contributed by atoms with van der Waals surface area (Å²) < 4.78 is 0. The van der Waals surface area contributed by atoms with Crippen LogP contribution in [0, 0.1) is 27.6 Å². The smallest absolute Gasteiger partial charge is 0.315 e. The van der Waals surface area contributed by atoms with E-state index >= 15 is 0 Å². The number of rotatable bonds is 11. The van der Waals surface area contributed by atoms with Gasteiger partial charge in [0.05, 0.1) is 11.6 Å². The summed E-state index contributed by atoms with van der Waals surface area (Å²) in [6.45, 7) is 17.8. The number of piperazine rings is 1. The number of urea groups is 1. The first-order valence-corrected chi connectivity index (χ1v) is 20.4. The average Bonchev–Trinajstić information content (AvgIpc) is 3.22. The first-order valence-electron chi connectivity index (χ1n) is 20.4. The first-order chi connectivity index (χ1) is 24.3. The summed E-state index contributed by atoms with van der Waals surface area (Å²) in [7, 11) is 0. The van der Waals surface area contributed by atoms with Gasteiger partial charge >= 0.3 is 6.03 Å². The predicted octanol–water partition coefficient (Wildman–Crippen LogP) is 3.61. The van der Waals surface area contributed by atoms with E-state index in [1.165, 1.54) is 0 Å². The van der Waals surface area contributed by atoms with Crippen LogP contribution in [-0.4, -0.2) is 101 Å². The van der Waals surface area contributed by atoms with Gasteiger partial charge in [0.25, 0.3) is 5.91 Å². The predicted molar refractivity (Wildman–Crippen MR) is 200 cm³/mol. The molecule has 6 rings (SSSR count). The summed E-state index contributed by atoms with van der Waals surface area (Å²) in [5.74, 6) is -2.30. The van der Waals surface area contributed by atoms with Crippen molar-refractivity contribution in [3.8, 4) is 0 Å². The molecule has 0 aromatic rings. The minimum atomic E-state index is -1.06. The van der Waals surface area contributed by atoms with Crippen molar-refractivity contribution in [3.05, 3.63) is 0 Å². The zero-order valence-corrected chi connectivity index (χ0v) is 33.0. The molecule has 6 atom stereocenters. The number of ketones is 1. The number of nitrogens with one attached hydrogen (secondary N) is 4. The van der Waals surface area contributed by atoms with Gasteiger partial charge in [0.2, 0.25) is 17.6 Å². The third-order valence-corrected chi connectivity index (χ3v) is 14.8. The number of likely N-dealkylation sites (tertiary alicyclic amines) is 1. The van der Waals surface area contributed by atoms with E-state index in [1.54, 1.807) is 4.90 Å². The molecular weight excluding hydrogens is 658 g/mol. The number of hydrogen-bond donors (Lipinski definition) is 5. The lowest BCUT2D eigenvalue weighted by Crippen LogP contribution is -2.65. The van der Waals surface area contributed by atoms with Gasteiger partial charge in [-0.3, -0.25) is 24.1 Å². The van der Waals surface area contributed by atoms with E-state index in [0.29, 0.717) is 31.5 Å². The number of nitrogens with zero attached hydrogens (tertiary/aromatic N) is 2. The van der Waals surface area contributed by atoms with Gasteiger partial charge in [-0.1, -0.05) is 79.6 Å². The van der Waals surface area contributed by atoms with Crippen LogP contribution in [-0.2, 0) is 19.2 Å². The van der Waals surface area contributed by atoms with Gasteiger partial charge in [-0.05, 0) is 74.5 Å². The van der Waals surface area contributed by atoms with Gasteiger partial charge in [0.15, 0.2) is 0 Å². The molecule has 4 saturated carbocycles. The van der Waals surface area contributed by atoms with Gasteiger partial charge in [-0.2, -0.15) is 0 Å². The second-order valence-corrected chi connectivity index (χ2v) is 19.6. The molecule has 2 aliphatic heterocycles. The number of amides is 5. The molecule has 0 aromatic heterocycles. The standard InChI is InChI=1S/C40H67N7O5/c1-25-21-46(22-26(2)42-25)23-38(15-9-8-10-16-38)45-35(52)44-31(36(3,4)5)34(51)47-24-40(37(6,7)39(40)17-12-18-39)20-29(47)33(50)43-28(30(48)32(41)49)19-27-13-11-14-27/h25-29,31,42H,8-24H2,1-7H3,(H2,41,49)(H,43,50)(H2,44,45,52)/t25-,26+,28?,29-,31+,40+/m0/s1. The summed E-state index contributed by atoms with van der Waals surface area (Å²) in [5.41, 5.74) is 4.17. The minimum absolute atomic E-state index is 0.0610. The minimum Gasteiger partial charge on any atom is -0.363 e. The van der Waals surface area contributed by atoms with E-state index in [-0.39, 0.29) is 39.6 Å². The number of hydrogen-bond acceptors (Lipinski definition) is 7. The van der Waals surface area contributed by atoms with Gasteiger partial charge in [0, 0.05) is 43.7 Å². The summed E-state index contributed by atoms with van der Waals surface area (Å²) >= 11 is 0. The Kier molecular flexibility index (Phi) is 10.6. The van der Waals surface area contributed by atoms with Crippen molar-refractivity contribution in [1.82, 2.24) is 31.1 Å². The van der Waals surface area contributed by atoms with E-state index in [9.17, 15) is 24.0 Å². The Morgan fingerprint density at radius 1 is 0.865 bits per heavy atom. The molecule has 12 nitrogen and oxygen atoms in total. The Labute approximate surface area is 311 Å². The Morgan fingerprint density at radius 2 is 1.50 bits per heavy atom. The maximum absolute atomic E-state index is 15.0. The van der Waals surface area contributed by atoms with Gasteiger partial charge in [0.1, 0.15) is 12.1 Å². The lowest BCUT2D eigenvalue weighted by molar-refractivity contribution is -0.143. The maximum atomic E-state index is 15.0. The highest BCUT2D eigenvalue weighted by Gasteiger charge is 2.85. The van der Waals surface area contributed by atoms with Gasteiger partial charge in [-0.25, -0.2) is 4.79 Å². The first kappa shape index (κ1) is 39.0. The Balaban J connectivity index is 1.23. The molecular formula is C40H67N7O5. The molecule has 6 fully saturated rings. The largest absolute Gasteiger partial charge is 0.363 e. The molecule has 2 heterocycles. The van der Waals surface area contributed by atoms with Crippen LogP contribution in [0.2, 0.25) is 0 Å². The number of carbonyl (C=O) groups excluding carboxylic acids is 5. The molecule has 2 saturated heterocycles. The lowest BCUT2D eigenvalue weighted by atomic mass is 9.73. The van der Waals surface area contributed by atoms with Crippen LogP contribution in [0.25, 0.3) is 0 Å². The molecule has 0 bridgehead atoms. The normalized spacial score (nSPS) is 31.9. The SMILES string of the molecule is C[C@@H]1CN(CC2(NC(=O)N[C@H](C(=O)N3C[C@]4(C[C@H]3C(=O)NC(CC3CCC3)C(=O)C(N)=O)C(C)(C)C43CCC3)C(C)(C)C)CCCCC2)C[C@H](C)N1. The van der Waals surface area contributed by atoms with Crippen LogP contribution >= 0.6 is 0 Å². The molecule has 5 amide bonds. The van der Waals surface area contributed by atoms with Crippen LogP contribution in [0.1, 0.15) is 132 Å². The Bertz CT molecular complexity index is 1400. The van der Waals surface area contributed by atoms with Crippen molar-refractivity contribution < 1.29 is 24.0 Å². The maximum Gasteiger partial charge on any atom is 0.315 e. The number of fused-ring (bicyclic) bond motifs is 1. The fourth-order valence-electron chi connectivity index (χ4n) is 11.6. The highest BCUT2D eigenvalue weighted by Crippen LogP contribution is 2.88. The lowest BCUT2D eigenvalue weighted by Gasteiger charge is -2.45. The molecule has 292 valence electrons. The van der Waals surface area contributed by atoms with Crippen LogP contribution < -0.4 is 27.0 Å². The third-order valence-electron chi connectivity index (χ3n) is 14.8. The highest BCUT2D eigenvalue weighted by molar-refractivity contribution is 6.37. The Morgan fingerprint density at radius 3 is 2.00 bits per heavy atom. The van der Waals surface area contributed by atoms with Crippen molar-refractivity contribution in [2.45, 2.75) is 168 Å². The summed E-state index contributed by atoms with van der Waals surface area (Å²) in [6.07, 6.45) is 12.1. The summed E-state index contributed by atoms with van der Waals surface area (Å²) in [5, 5.41) is 13.0. The van der Waals surface area contributed by atoms with Crippen molar-refractivity contribution in [2.75, 3.05) is 26.2 Å². The van der Waals surface area contributed by atoms with E-state index in [1.807, 2.05) is 20.8 Å². The van der Waals surface area contributed by atoms with Gasteiger partial charge < -0.3 is 31.9 Å². The molecule has 0 radical (unpaired) electrons. The van der Waals surface area contributed by atoms with Crippen LogP contribution in [0.3, 0.4) is 0 Å². The van der Waals surface area contributed by atoms with Gasteiger partial charge in [-0.15, -0.1) is 0 Å². The molecule has 4 aliphatic carbocycles. The van der Waals surface area contributed by atoms with Crippen LogP contribution in [0.4, 0.5) is 4.79 Å². The molecule has 1 unspecified atom stereocenters. The van der Waals surface area contributed by atoms with Crippen molar-refractivity contribution >= 4 is 29.5 Å². The number of primary amides is 1. The monoisotopic (exact) mass is 726 g/mol. The molecule has 0 aromatic carbocycles. The number of nitrogens with two attached hydrogens (primary N) is 1. The zero-order valence-electron chi connectivity index (χ0n) is 33.0. The number of Topliss-reactive ketones (excluding diaryl/α,β-unsaturated/α-hetero) is 1. The fourth-order valence-corrected chi connectivity index (χ4v) is 11.6. The third kappa shape index (κ3) is 7.00. The van der Waals surface area contributed by atoms with E-state index in [4.69, 9.17) is 5.73 Å². The quantitative estimate of drug-likeness (QED) is 0.203. The summed E-state index contributed by atoms with van der Waals surface area (Å²) in [4.78, 5) is 72.6. The molecule has 6 aliphatic rings. The fraction of sp³-hybridized carbons (Fsp3) is 0.875.